The molecular formula is C12H17N. The molecule has 0 spiro atoms. The van der Waals surface area contributed by atoms with Gasteiger partial charge in [-0.05, 0) is 37.3 Å². The van der Waals surface area contributed by atoms with Gasteiger partial charge in [0.1, 0.15) is 0 Å². The fraction of sp³-hybridized carbons (Fsp3) is 0.583. The largest absolute Gasteiger partial charge is 0.258 e. The summed E-state index contributed by atoms with van der Waals surface area (Å²) in [6.45, 7) is 6.57. The number of aryl methyl sites for hydroxylation is 1. The van der Waals surface area contributed by atoms with E-state index < -0.39 is 0 Å². The maximum absolute atomic E-state index is 4.66. The second-order valence-corrected chi connectivity index (χ2v) is 4.34. The Bertz CT molecular complexity index is 311. The molecule has 0 aliphatic heterocycles. The van der Waals surface area contributed by atoms with E-state index in [1.165, 1.54) is 29.8 Å². The van der Waals surface area contributed by atoms with Gasteiger partial charge in [0, 0.05) is 17.3 Å². The van der Waals surface area contributed by atoms with Crippen molar-refractivity contribution in [1.82, 2.24) is 4.98 Å². The molecule has 1 nitrogen and oxygen atoms in total. The molecule has 0 N–H and O–H groups in total. The van der Waals surface area contributed by atoms with E-state index in [2.05, 4.69) is 37.9 Å². The van der Waals surface area contributed by atoms with E-state index in [4.69, 9.17) is 0 Å². The van der Waals surface area contributed by atoms with Crippen LogP contribution in [0, 0.1) is 6.92 Å². The van der Waals surface area contributed by atoms with Gasteiger partial charge >= 0.3 is 0 Å². The Labute approximate surface area is 80.2 Å². The predicted molar refractivity (Wildman–Crippen MR) is 55.0 cm³/mol. The van der Waals surface area contributed by atoms with Crippen LogP contribution in [0.15, 0.2) is 12.1 Å². The molecule has 2 rings (SSSR count). The Kier molecular flexibility index (Phi) is 2.10. The molecule has 0 saturated heterocycles. The number of rotatable bonds is 2. The van der Waals surface area contributed by atoms with Crippen LogP contribution >= 0.6 is 0 Å². The minimum Gasteiger partial charge on any atom is -0.258 e. The van der Waals surface area contributed by atoms with Gasteiger partial charge in [0.2, 0.25) is 0 Å². The molecule has 1 aliphatic rings. The van der Waals surface area contributed by atoms with Crippen LogP contribution in [0.2, 0.25) is 0 Å². The van der Waals surface area contributed by atoms with E-state index in [1.54, 1.807) is 0 Å². The van der Waals surface area contributed by atoms with Crippen LogP contribution in [-0.2, 0) is 0 Å². The van der Waals surface area contributed by atoms with Crippen LogP contribution in [0.5, 0.6) is 0 Å². The minimum absolute atomic E-state index is 0.598. The molecule has 1 heterocycles. The Balaban J connectivity index is 2.31. The Hall–Kier alpha value is -0.850. The van der Waals surface area contributed by atoms with Crippen molar-refractivity contribution in [3.63, 3.8) is 0 Å². The van der Waals surface area contributed by atoms with E-state index in [0.717, 1.165) is 5.92 Å². The SMILES string of the molecule is Cc1nc(C2CC2)ccc1C(C)C. The molecule has 0 amide bonds. The highest BCUT2D eigenvalue weighted by atomic mass is 14.7. The van der Waals surface area contributed by atoms with Gasteiger partial charge in [-0.1, -0.05) is 19.9 Å². The van der Waals surface area contributed by atoms with Crippen molar-refractivity contribution in [1.29, 1.82) is 0 Å². The number of aromatic nitrogens is 1. The van der Waals surface area contributed by atoms with Gasteiger partial charge in [0.05, 0.1) is 0 Å². The van der Waals surface area contributed by atoms with Crippen LogP contribution in [0.1, 0.15) is 55.5 Å². The molecule has 0 bridgehead atoms. The third kappa shape index (κ3) is 1.74. The van der Waals surface area contributed by atoms with Gasteiger partial charge < -0.3 is 0 Å². The van der Waals surface area contributed by atoms with Crippen LogP contribution < -0.4 is 0 Å². The highest BCUT2D eigenvalue weighted by molar-refractivity contribution is 5.27. The van der Waals surface area contributed by atoms with Crippen molar-refractivity contribution >= 4 is 0 Å². The number of pyridine rings is 1. The van der Waals surface area contributed by atoms with Crippen molar-refractivity contribution in [2.24, 2.45) is 0 Å². The molecular weight excluding hydrogens is 158 g/mol. The average Bonchev–Trinajstić information content (AvgIpc) is 2.85. The van der Waals surface area contributed by atoms with E-state index in [0.29, 0.717) is 5.92 Å². The maximum atomic E-state index is 4.66. The molecule has 0 unspecified atom stereocenters. The van der Waals surface area contributed by atoms with Crippen molar-refractivity contribution in [2.75, 3.05) is 0 Å². The molecule has 0 aromatic carbocycles. The second kappa shape index (κ2) is 3.13. The highest BCUT2D eigenvalue weighted by Gasteiger charge is 2.25. The highest BCUT2D eigenvalue weighted by Crippen LogP contribution is 2.39. The first-order chi connectivity index (χ1) is 6.18. The van der Waals surface area contributed by atoms with Crippen LogP contribution in [0.4, 0.5) is 0 Å². The summed E-state index contributed by atoms with van der Waals surface area (Å²) in [5.41, 5.74) is 3.92. The molecule has 1 aliphatic carbocycles. The molecule has 0 atom stereocenters. The first-order valence-electron chi connectivity index (χ1n) is 5.16. The number of hydrogen-bond donors (Lipinski definition) is 0. The summed E-state index contributed by atoms with van der Waals surface area (Å²) in [7, 11) is 0. The van der Waals surface area contributed by atoms with Gasteiger partial charge in [-0.25, -0.2) is 0 Å². The van der Waals surface area contributed by atoms with E-state index in [9.17, 15) is 0 Å². The molecule has 1 aromatic heterocycles. The third-order valence-corrected chi connectivity index (χ3v) is 2.77. The normalized spacial score (nSPS) is 16.6. The maximum Gasteiger partial charge on any atom is 0.0437 e. The van der Waals surface area contributed by atoms with Crippen molar-refractivity contribution < 1.29 is 0 Å². The lowest BCUT2D eigenvalue weighted by molar-refractivity contribution is 0.832. The summed E-state index contributed by atoms with van der Waals surface area (Å²) in [5.74, 6) is 1.38. The van der Waals surface area contributed by atoms with Crippen molar-refractivity contribution in [3.05, 3.63) is 29.1 Å². The summed E-state index contributed by atoms with van der Waals surface area (Å²) in [4.78, 5) is 4.66. The summed E-state index contributed by atoms with van der Waals surface area (Å²) in [6, 6.07) is 4.46. The smallest absolute Gasteiger partial charge is 0.0437 e. The zero-order chi connectivity index (χ0) is 9.42. The van der Waals surface area contributed by atoms with E-state index in [-0.39, 0.29) is 0 Å². The molecule has 1 fully saturated rings. The Morgan fingerprint density at radius 2 is 2.00 bits per heavy atom. The van der Waals surface area contributed by atoms with E-state index >= 15 is 0 Å². The van der Waals surface area contributed by atoms with Gasteiger partial charge in [-0.3, -0.25) is 4.98 Å². The first-order valence-corrected chi connectivity index (χ1v) is 5.16. The quantitative estimate of drug-likeness (QED) is 0.671. The average molecular weight is 175 g/mol. The summed E-state index contributed by atoms with van der Waals surface area (Å²) in [6.07, 6.45) is 2.68. The molecule has 1 aromatic rings. The molecule has 13 heavy (non-hydrogen) atoms. The molecule has 70 valence electrons. The second-order valence-electron chi connectivity index (χ2n) is 4.34. The lowest BCUT2D eigenvalue weighted by Crippen LogP contribution is -1.97. The van der Waals surface area contributed by atoms with Crippen LogP contribution in [0.25, 0.3) is 0 Å². The standard InChI is InChI=1S/C12H17N/c1-8(2)11-6-7-12(10-4-5-10)13-9(11)3/h6-8,10H,4-5H2,1-3H3. The molecule has 1 saturated carbocycles. The van der Waals surface area contributed by atoms with Crippen LogP contribution in [0.3, 0.4) is 0 Å². The van der Waals surface area contributed by atoms with Gasteiger partial charge in [-0.15, -0.1) is 0 Å². The fourth-order valence-corrected chi connectivity index (χ4v) is 1.81. The van der Waals surface area contributed by atoms with Gasteiger partial charge in [0.15, 0.2) is 0 Å². The third-order valence-electron chi connectivity index (χ3n) is 2.77. The van der Waals surface area contributed by atoms with Gasteiger partial charge in [0.25, 0.3) is 0 Å². The zero-order valence-electron chi connectivity index (χ0n) is 8.67. The summed E-state index contributed by atoms with van der Waals surface area (Å²) >= 11 is 0. The first kappa shape index (κ1) is 8.74. The predicted octanol–water partition coefficient (Wildman–Crippen LogP) is 3.39. The van der Waals surface area contributed by atoms with E-state index in [1.807, 2.05) is 0 Å². The lowest BCUT2D eigenvalue weighted by atomic mass is 10.0. The summed E-state index contributed by atoms with van der Waals surface area (Å²) in [5, 5.41) is 0. The minimum atomic E-state index is 0.598. The lowest BCUT2D eigenvalue weighted by Gasteiger charge is -2.09. The fourth-order valence-electron chi connectivity index (χ4n) is 1.81. The number of hydrogen-bond acceptors (Lipinski definition) is 1. The molecule has 0 radical (unpaired) electrons. The topological polar surface area (TPSA) is 12.9 Å². The van der Waals surface area contributed by atoms with Gasteiger partial charge in [-0.2, -0.15) is 0 Å². The Morgan fingerprint density at radius 1 is 1.31 bits per heavy atom. The van der Waals surface area contributed by atoms with Crippen molar-refractivity contribution in [2.45, 2.75) is 45.4 Å². The molecule has 1 heteroatoms. The summed E-state index contributed by atoms with van der Waals surface area (Å²) < 4.78 is 0. The monoisotopic (exact) mass is 175 g/mol. The Morgan fingerprint density at radius 3 is 2.46 bits per heavy atom. The zero-order valence-corrected chi connectivity index (χ0v) is 8.67. The van der Waals surface area contributed by atoms with Crippen LogP contribution in [-0.4, -0.2) is 4.98 Å². The number of nitrogens with zero attached hydrogens (tertiary/aromatic N) is 1. The van der Waals surface area contributed by atoms with Crippen molar-refractivity contribution in [3.8, 4) is 0 Å².